The van der Waals surface area contributed by atoms with Gasteiger partial charge in [0.05, 0.1) is 63.0 Å². The van der Waals surface area contributed by atoms with Crippen LogP contribution < -0.4 is 26.0 Å². The number of halogens is 3. The number of fused-ring (bicyclic) bond motifs is 1. The predicted molar refractivity (Wildman–Crippen MR) is 334 cm³/mol. The Kier molecular flexibility index (Phi) is 28.7. The monoisotopic (exact) mass is 1360 g/mol. The molecule has 89 heavy (non-hydrogen) atoms. The number of hydrogen-bond acceptors (Lipinski definition) is 17. The van der Waals surface area contributed by atoms with Gasteiger partial charge >= 0.3 is 17.9 Å². The Labute approximate surface area is 530 Å². The maximum atomic E-state index is 14.1. The van der Waals surface area contributed by atoms with Crippen LogP contribution in [0.3, 0.4) is 0 Å². The number of nitrogens with zero attached hydrogens (tertiary/aromatic N) is 9. The number of pyridine rings is 1. The van der Waals surface area contributed by atoms with E-state index in [0.29, 0.717) is 75.1 Å². The number of amides is 6. The highest BCUT2D eigenvalue weighted by Gasteiger charge is 2.46. The van der Waals surface area contributed by atoms with Crippen molar-refractivity contribution in [3.05, 3.63) is 69.4 Å². The number of aromatic nitrogens is 1. The minimum absolute atomic E-state index is 0.104. The molecular weight excluding hydrogens is 1280 g/mol. The van der Waals surface area contributed by atoms with Crippen molar-refractivity contribution in [2.24, 2.45) is 4.99 Å². The van der Waals surface area contributed by atoms with Gasteiger partial charge in [-0.2, -0.15) is 0 Å². The number of unbranched alkanes of at least 4 members (excludes halogenated alkanes) is 1. The first-order valence-electron chi connectivity index (χ1n) is 30.1. The summed E-state index contributed by atoms with van der Waals surface area (Å²) < 4.78 is 35.5. The third kappa shape index (κ3) is 24.7. The van der Waals surface area contributed by atoms with Gasteiger partial charge in [0.15, 0.2) is 0 Å². The summed E-state index contributed by atoms with van der Waals surface area (Å²) in [6, 6.07) is 11.8. The van der Waals surface area contributed by atoms with Crippen LogP contribution in [-0.4, -0.2) is 283 Å². The summed E-state index contributed by atoms with van der Waals surface area (Å²) in [5.74, 6) is -8.67. The highest BCUT2D eigenvalue weighted by Crippen LogP contribution is 2.31. The summed E-state index contributed by atoms with van der Waals surface area (Å²) in [6.45, 7) is 3.88. The Balaban J connectivity index is 0.987. The molecule has 3 saturated heterocycles. The summed E-state index contributed by atoms with van der Waals surface area (Å²) in [5, 5.41) is 40.5. The fourth-order valence-corrected chi connectivity index (χ4v) is 11.2. The topological polar surface area (TPSA) is 320 Å². The molecule has 7 N–H and O–H groups in total. The number of carboxylic acids is 3. The van der Waals surface area contributed by atoms with Gasteiger partial charge in [-0.3, -0.25) is 77.6 Å². The second-order valence-electron chi connectivity index (χ2n) is 22.6. The fourth-order valence-electron chi connectivity index (χ4n) is 10.9. The van der Waals surface area contributed by atoms with Crippen molar-refractivity contribution in [2.45, 2.75) is 82.3 Å². The van der Waals surface area contributed by atoms with Gasteiger partial charge in [-0.05, 0) is 117 Å². The van der Waals surface area contributed by atoms with E-state index in [9.17, 15) is 67.3 Å². The number of carboxylic acid groups (broad SMARTS) is 3. The van der Waals surface area contributed by atoms with Gasteiger partial charge in [0.25, 0.3) is 11.8 Å². The molecule has 6 rings (SSSR count). The highest BCUT2D eigenvalue weighted by atomic mass is 127. The lowest BCUT2D eigenvalue weighted by Crippen LogP contribution is -2.57. The zero-order valence-electron chi connectivity index (χ0n) is 50.6. The Morgan fingerprint density at radius 2 is 1.33 bits per heavy atom. The van der Waals surface area contributed by atoms with Gasteiger partial charge in [-0.1, -0.05) is 12.1 Å². The average Bonchev–Trinajstić information content (AvgIpc) is 2.00. The van der Waals surface area contributed by atoms with Crippen molar-refractivity contribution in [2.75, 3.05) is 145 Å². The zero-order valence-corrected chi connectivity index (χ0v) is 52.8. The number of piperazine rings is 1. The standard InChI is InChI=1S/C60H84F2IN13O13/c1-42(59(88)75-30-28-70(29-31-75)19-3-4-32-89-46-14-15-49-48(33-46)47(16-18-65-49)57(86)67-36-53(79)76-41-60(61,62)34-45(76)35-64-2)68-58(87)50(8-6-17-66-51(77)9-5-7-43-10-12-44(63)13-11-43)69-52(78)37-71-20-22-72(38-54(80)81)24-26-74(40-56(84)85)27-25-73(23-21-71)39-55(82)83/h10-16,18,33,35,42,45,50H,3-9,17,19-32,34,36-41H2,1-2H3,(H,66,77)(H,67,86)(H,68,87)(H,69,78)(H,80,81)(H,82,83)(H,84,85)/t42-,45+,50-/m0/s1. The van der Waals surface area contributed by atoms with E-state index in [1.165, 1.54) is 25.5 Å². The summed E-state index contributed by atoms with van der Waals surface area (Å²) in [4.78, 5) is 136. The van der Waals surface area contributed by atoms with E-state index in [-0.39, 0.29) is 109 Å². The molecule has 0 radical (unpaired) electrons. The molecule has 29 heteroatoms. The van der Waals surface area contributed by atoms with Gasteiger partial charge in [0, 0.05) is 126 Å². The molecule has 0 aliphatic carbocycles. The SMILES string of the molecule is CN=C[C@H]1CC(F)(F)CN1C(=O)CNC(=O)c1ccnc2ccc(OCCCCN3CCN(C(=O)[C@H](C)NC(=O)[C@H](CCCNC(=O)CCCc4ccc(I)cc4)NC(=O)CN4CCN(CC(=O)O)CCN(CC(=O)O)CCN(CC(=O)O)CC4)CC3)cc12. The summed E-state index contributed by atoms with van der Waals surface area (Å²) >= 11 is 2.23. The third-order valence-electron chi connectivity index (χ3n) is 15.7. The Morgan fingerprint density at radius 3 is 1.92 bits per heavy atom. The summed E-state index contributed by atoms with van der Waals surface area (Å²) in [5.41, 5.74) is 1.87. The number of benzene rings is 2. The van der Waals surface area contributed by atoms with E-state index in [0.717, 1.165) is 33.4 Å². The van der Waals surface area contributed by atoms with Crippen LogP contribution >= 0.6 is 22.6 Å². The van der Waals surface area contributed by atoms with E-state index < -0.39 is 85.1 Å². The van der Waals surface area contributed by atoms with Crippen LogP contribution in [0, 0.1) is 3.57 Å². The van der Waals surface area contributed by atoms with Gasteiger partial charge in [-0.25, -0.2) is 8.78 Å². The van der Waals surface area contributed by atoms with Crippen LogP contribution in [0.1, 0.15) is 67.8 Å². The molecule has 0 spiro atoms. The smallest absolute Gasteiger partial charge is 0.317 e. The number of aryl methyl sites for hydroxylation is 1. The van der Waals surface area contributed by atoms with Crippen LogP contribution in [0.15, 0.2) is 59.7 Å². The minimum atomic E-state index is -3.06. The van der Waals surface area contributed by atoms with Crippen LogP contribution in [0.25, 0.3) is 10.9 Å². The van der Waals surface area contributed by atoms with E-state index in [4.69, 9.17) is 4.74 Å². The van der Waals surface area contributed by atoms with Crippen molar-refractivity contribution in [1.82, 2.24) is 60.6 Å². The molecule has 3 aliphatic rings. The van der Waals surface area contributed by atoms with Crippen LogP contribution in [-0.2, 0) is 44.8 Å². The first-order chi connectivity index (χ1) is 42.5. The van der Waals surface area contributed by atoms with Crippen LogP contribution in [0.5, 0.6) is 5.75 Å². The van der Waals surface area contributed by atoms with Crippen molar-refractivity contribution in [1.29, 1.82) is 0 Å². The average molecular weight is 1360 g/mol. The lowest BCUT2D eigenvalue weighted by Gasteiger charge is -2.36. The Bertz CT molecular complexity index is 2890. The summed E-state index contributed by atoms with van der Waals surface area (Å²) in [6.07, 6.45) is 5.74. The number of alkyl halides is 2. The maximum Gasteiger partial charge on any atom is 0.317 e. The number of carbonyl (C=O) groups excluding carboxylic acids is 6. The fraction of sp³-hybridized carbons (Fsp3) is 0.583. The molecule has 6 amide bonds. The lowest BCUT2D eigenvalue weighted by atomic mass is 10.1. The molecule has 488 valence electrons. The maximum absolute atomic E-state index is 14.1. The highest BCUT2D eigenvalue weighted by molar-refractivity contribution is 14.1. The molecule has 3 fully saturated rings. The number of rotatable bonds is 30. The van der Waals surface area contributed by atoms with Gasteiger partial charge in [0.1, 0.15) is 17.8 Å². The minimum Gasteiger partial charge on any atom is -0.494 e. The zero-order chi connectivity index (χ0) is 64.5. The third-order valence-corrected chi connectivity index (χ3v) is 16.4. The number of carbonyl (C=O) groups is 9. The number of hydrogen-bond donors (Lipinski definition) is 7. The predicted octanol–water partition coefficient (Wildman–Crippen LogP) is 1.19. The van der Waals surface area contributed by atoms with Crippen LogP contribution in [0.4, 0.5) is 8.78 Å². The van der Waals surface area contributed by atoms with E-state index >= 15 is 0 Å². The molecule has 3 aromatic rings. The second kappa shape index (κ2) is 36.0. The van der Waals surface area contributed by atoms with Gasteiger partial charge in [0.2, 0.25) is 29.5 Å². The molecule has 3 atom stereocenters. The molecule has 4 heterocycles. The second-order valence-corrected chi connectivity index (χ2v) is 23.9. The van der Waals surface area contributed by atoms with Crippen molar-refractivity contribution < 1.29 is 72.0 Å². The molecule has 0 unspecified atom stereocenters. The largest absolute Gasteiger partial charge is 0.494 e. The molecule has 26 nitrogen and oxygen atoms in total. The first kappa shape index (κ1) is 71.0. The molecule has 3 aliphatic heterocycles. The van der Waals surface area contributed by atoms with E-state index in [1.807, 2.05) is 24.3 Å². The van der Waals surface area contributed by atoms with E-state index in [1.54, 1.807) is 49.6 Å². The van der Waals surface area contributed by atoms with Crippen LogP contribution in [0.2, 0.25) is 0 Å². The summed E-state index contributed by atoms with van der Waals surface area (Å²) in [7, 11) is 1.44. The molecule has 2 aromatic carbocycles. The Hall–Kier alpha value is -7.06. The molecular formula is C60H84F2IN13O13. The lowest BCUT2D eigenvalue weighted by molar-refractivity contribution is -0.140. The first-order valence-corrected chi connectivity index (χ1v) is 31.2. The Morgan fingerprint density at radius 1 is 0.730 bits per heavy atom. The number of nitrogens with one attached hydrogen (secondary N) is 4. The number of likely N-dealkylation sites (tertiary alicyclic amines) is 1. The van der Waals surface area contributed by atoms with Crippen molar-refractivity contribution in [3.8, 4) is 5.75 Å². The molecule has 0 saturated carbocycles. The number of aliphatic imine (C=N–C) groups is 1. The number of aliphatic carboxylic acids is 3. The molecule has 0 bridgehead atoms. The normalized spacial score (nSPS) is 18.3. The number of ether oxygens (including phenoxy) is 1. The van der Waals surface area contributed by atoms with E-state index in [2.05, 4.69) is 58.7 Å². The quantitative estimate of drug-likeness (QED) is 0.0280. The van der Waals surface area contributed by atoms with Crippen molar-refractivity contribution in [3.63, 3.8) is 0 Å². The molecule has 1 aromatic heterocycles. The van der Waals surface area contributed by atoms with Crippen molar-refractivity contribution >= 4 is 93.1 Å². The van der Waals surface area contributed by atoms with Gasteiger partial charge < -0.3 is 51.1 Å². The van der Waals surface area contributed by atoms with Gasteiger partial charge in [-0.15, -0.1) is 0 Å².